The van der Waals surface area contributed by atoms with Crippen molar-refractivity contribution >= 4 is 23.4 Å². The van der Waals surface area contributed by atoms with E-state index in [1.165, 1.54) is 33.1 Å². The van der Waals surface area contributed by atoms with Crippen LogP contribution in [0.4, 0.5) is 5.69 Å². The molecule has 0 aromatic heterocycles. The first-order valence-electron chi connectivity index (χ1n) is 8.87. The Hall–Kier alpha value is -3.51. The first-order valence-corrected chi connectivity index (χ1v) is 9.75. The number of hydrogen-bond acceptors (Lipinski definition) is 8. The Labute approximate surface area is 178 Å². The topological polar surface area (TPSA) is 102 Å². The monoisotopic (exact) mass is 427 g/mol. The van der Waals surface area contributed by atoms with Crippen molar-refractivity contribution in [3.63, 3.8) is 0 Å². The van der Waals surface area contributed by atoms with E-state index in [4.69, 9.17) is 18.9 Å². The van der Waals surface area contributed by atoms with Gasteiger partial charge in [-0.25, -0.2) is 0 Å². The van der Waals surface area contributed by atoms with Gasteiger partial charge in [-0.1, -0.05) is 17.8 Å². The molecule has 8 nitrogen and oxygen atoms in total. The highest BCUT2D eigenvalue weighted by Gasteiger charge is 2.30. The molecule has 0 bridgehead atoms. The number of hydrogen-bond donors (Lipinski definition) is 2. The van der Waals surface area contributed by atoms with Crippen LogP contribution in [0.5, 0.6) is 23.0 Å². The number of methoxy groups -OCH3 is 4. The van der Waals surface area contributed by atoms with E-state index in [9.17, 15) is 10.1 Å². The Bertz CT molecular complexity index is 1010. The molecule has 1 aliphatic rings. The van der Waals surface area contributed by atoms with Gasteiger partial charge in [0.25, 0.3) is 5.91 Å². The molecule has 156 valence electrons. The molecule has 1 unspecified atom stereocenters. The largest absolute Gasteiger partial charge is 0.497 e. The van der Waals surface area contributed by atoms with Gasteiger partial charge in [0.15, 0.2) is 11.5 Å². The van der Waals surface area contributed by atoms with Crippen LogP contribution in [0.3, 0.4) is 0 Å². The van der Waals surface area contributed by atoms with E-state index in [1.54, 1.807) is 25.3 Å². The Morgan fingerprint density at radius 3 is 2.30 bits per heavy atom. The lowest BCUT2D eigenvalue weighted by molar-refractivity contribution is -0.117. The average Bonchev–Trinajstić information content (AvgIpc) is 2.77. The number of benzene rings is 2. The highest BCUT2D eigenvalue weighted by atomic mass is 32.2. The lowest BCUT2D eigenvalue weighted by Gasteiger charge is -2.27. The molecule has 0 saturated heterocycles. The smallest absolute Gasteiger partial charge is 0.265 e. The molecule has 9 heteroatoms. The molecule has 0 aliphatic carbocycles. The molecule has 3 rings (SSSR count). The van der Waals surface area contributed by atoms with Gasteiger partial charge in [0.05, 0.1) is 33.5 Å². The predicted molar refractivity (Wildman–Crippen MR) is 114 cm³/mol. The van der Waals surface area contributed by atoms with Crippen molar-refractivity contribution in [2.75, 3.05) is 33.8 Å². The molecule has 0 radical (unpaired) electrons. The number of carbonyl (C=O) groups excluding carboxylic acids is 1. The lowest BCUT2D eigenvalue weighted by Crippen LogP contribution is -2.33. The number of nitrogens with zero attached hydrogens (tertiary/aromatic N) is 1. The van der Waals surface area contributed by atoms with E-state index < -0.39 is 11.3 Å². The SMILES string of the molecule is COc1cccc(NC2=C(C#N)C(=O)NC(c3cc(OC)c(OC)c(OC)c3)S2)c1. The minimum atomic E-state index is -0.476. The average molecular weight is 427 g/mol. The number of rotatable bonds is 7. The Kier molecular flexibility index (Phi) is 6.59. The first-order chi connectivity index (χ1) is 14.5. The Morgan fingerprint density at radius 1 is 1.03 bits per heavy atom. The normalized spacial score (nSPS) is 15.7. The maximum Gasteiger partial charge on any atom is 0.265 e. The number of amides is 1. The summed E-state index contributed by atoms with van der Waals surface area (Å²) in [5, 5.41) is 15.5. The summed E-state index contributed by atoms with van der Waals surface area (Å²) in [6, 6.07) is 12.7. The number of anilines is 1. The third-order valence-electron chi connectivity index (χ3n) is 4.38. The molecule has 1 amide bonds. The van der Waals surface area contributed by atoms with Crippen molar-refractivity contribution in [1.82, 2.24) is 5.32 Å². The maximum atomic E-state index is 12.6. The van der Waals surface area contributed by atoms with Gasteiger partial charge in [-0.05, 0) is 29.8 Å². The van der Waals surface area contributed by atoms with E-state index >= 15 is 0 Å². The van der Waals surface area contributed by atoms with Gasteiger partial charge in [-0.2, -0.15) is 5.26 Å². The molecular formula is C21H21N3O5S. The van der Waals surface area contributed by atoms with Gasteiger partial charge in [0.2, 0.25) is 5.75 Å². The molecule has 1 heterocycles. The van der Waals surface area contributed by atoms with E-state index in [0.717, 1.165) is 5.56 Å². The molecule has 30 heavy (non-hydrogen) atoms. The van der Waals surface area contributed by atoms with Crippen molar-refractivity contribution in [2.24, 2.45) is 0 Å². The van der Waals surface area contributed by atoms with Gasteiger partial charge < -0.3 is 29.6 Å². The third-order valence-corrected chi connectivity index (χ3v) is 5.55. The van der Waals surface area contributed by atoms with Gasteiger partial charge in [-0.15, -0.1) is 0 Å². The summed E-state index contributed by atoms with van der Waals surface area (Å²) in [6.07, 6.45) is 0. The zero-order valence-electron chi connectivity index (χ0n) is 16.9. The van der Waals surface area contributed by atoms with Crippen LogP contribution >= 0.6 is 11.8 Å². The molecule has 0 spiro atoms. The summed E-state index contributed by atoms with van der Waals surface area (Å²) in [6.45, 7) is 0. The van der Waals surface area contributed by atoms with Crippen LogP contribution in [-0.2, 0) is 4.79 Å². The standard InChI is InChI=1S/C21H21N3O5S/c1-26-14-7-5-6-13(10-14)23-21-15(11-22)19(25)24-20(30-21)12-8-16(27-2)18(29-4)17(9-12)28-3/h5-10,20,23H,1-4H3,(H,24,25). The van der Waals surface area contributed by atoms with Crippen LogP contribution in [0, 0.1) is 11.3 Å². The summed E-state index contributed by atoms with van der Waals surface area (Å²) < 4.78 is 21.4. The van der Waals surface area contributed by atoms with Crippen molar-refractivity contribution in [2.45, 2.75) is 5.37 Å². The number of ether oxygens (including phenoxy) is 4. The number of nitrogens with one attached hydrogen (secondary N) is 2. The van der Waals surface area contributed by atoms with Crippen molar-refractivity contribution in [3.8, 4) is 29.1 Å². The number of carbonyl (C=O) groups is 1. The second-order valence-corrected chi connectivity index (χ2v) is 7.22. The Balaban J connectivity index is 1.97. The van der Waals surface area contributed by atoms with Crippen LogP contribution in [0.1, 0.15) is 10.9 Å². The van der Waals surface area contributed by atoms with E-state index in [0.29, 0.717) is 33.7 Å². The second-order valence-electron chi connectivity index (χ2n) is 6.10. The molecule has 0 saturated carbocycles. The highest BCUT2D eigenvalue weighted by molar-refractivity contribution is 8.03. The van der Waals surface area contributed by atoms with Gasteiger partial charge in [0.1, 0.15) is 22.8 Å². The fraction of sp³-hybridized carbons (Fsp3) is 0.238. The summed E-state index contributed by atoms with van der Waals surface area (Å²) in [4.78, 5) is 12.6. The van der Waals surface area contributed by atoms with Crippen molar-refractivity contribution in [1.29, 1.82) is 5.26 Å². The van der Waals surface area contributed by atoms with Gasteiger partial charge in [0, 0.05) is 11.8 Å². The number of nitriles is 1. The van der Waals surface area contributed by atoms with Crippen molar-refractivity contribution < 1.29 is 23.7 Å². The van der Waals surface area contributed by atoms with E-state index in [2.05, 4.69) is 10.6 Å². The summed E-state index contributed by atoms with van der Waals surface area (Å²) in [5.74, 6) is 1.59. The van der Waals surface area contributed by atoms with Gasteiger partial charge in [-0.3, -0.25) is 4.79 Å². The molecule has 2 aromatic carbocycles. The molecular weight excluding hydrogens is 406 g/mol. The Morgan fingerprint density at radius 2 is 1.73 bits per heavy atom. The predicted octanol–water partition coefficient (Wildman–Crippen LogP) is 3.43. The highest BCUT2D eigenvalue weighted by Crippen LogP contribution is 2.44. The fourth-order valence-electron chi connectivity index (χ4n) is 2.93. The summed E-state index contributed by atoms with van der Waals surface area (Å²) in [7, 11) is 6.14. The molecule has 1 atom stereocenters. The third kappa shape index (κ3) is 4.23. The van der Waals surface area contributed by atoms with Crippen LogP contribution in [-0.4, -0.2) is 34.3 Å². The summed E-state index contributed by atoms with van der Waals surface area (Å²) >= 11 is 1.30. The van der Waals surface area contributed by atoms with E-state index in [-0.39, 0.29) is 5.57 Å². The molecule has 1 aliphatic heterocycles. The van der Waals surface area contributed by atoms with Crippen LogP contribution in [0.25, 0.3) is 0 Å². The van der Waals surface area contributed by atoms with E-state index in [1.807, 2.05) is 24.3 Å². The summed E-state index contributed by atoms with van der Waals surface area (Å²) in [5.41, 5.74) is 1.43. The molecule has 2 aromatic rings. The zero-order valence-corrected chi connectivity index (χ0v) is 17.8. The molecule has 2 N–H and O–H groups in total. The minimum Gasteiger partial charge on any atom is -0.497 e. The zero-order chi connectivity index (χ0) is 21.7. The first kappa shape index (κ1) is 21.2. The quantitative estimate of drug-likeness (QED) is 0.693. The van der Waals surface area contributed by atoms with Gasteiger partial charge >= 0.3 is 0 Å². The van der Waals surface area contributed by atoms with Crippen LogP contribution in [0.15, 0.2) is 47.0 Å². The van der Waals surface area contributed by atoms with Crippen LogP contribution in [0.2, 0.25) is 0 Å². The second kappa shape index (κ2) is 9.33. The molecule has 0 fully saturated rings. The minimum absolute atomic E-state index is 0.00603. The van der Waals surface area contributed by atoms with Crippen LogP contribution < -0.4 is 29.6 Å². The number of thioether (sulfide) groups is 1. The maximum absolute atomic E-state index is 12.6. The van der Waals surface area contributed by atoms with Crippen molar-refractivity contribution in [3.05, 3.63) is 52.6 Å². The lowest BCUT2D eigenvalue weighted by atomic mass is 10.1. The fourth-order valence-corrected chi connectivity index (χ4v) is 4.04.